The Hall–Kier alpha value is -1.38. The van der Waals surface area contributed by atoms with Gasteiger partial charge in [0.1, 0.15) is 0 Å². The van der Waals surface area contributed by atoms with Crippen molar-refractivity contribution in [2.24, 2.45) is 0 Å². The van der Waals surface area contributed by atoms with Crippen LogP contribution in [0.3, 0.4) is 0 Å². The number of aromatic nitrogens is 1. The Labute approximate surface area is 90.9 Å². The Morgan fingerprint density at radius 3 is 2.53 bits per heavy atom. The summed E-state index contributed by atoms with van der Waals surface area (Å²) in [6.45, 7) is 6.05. The summed E-state index contributed by atoms with van der Waals surface area (Å²) in [4.78, 5) is 15.8. The zero-order valence-corrected chi connectivity index (χ0v) is 9.58. The fourth-order valence-corrected chi connectivity index (χ4v) is 1.36. The summed E-state index contributed by atoms with van der Waals surface area (Å²) in [7, 11) is 0. The second-order valence-electron chi connectivity index (χ2n) is 3.68. The molecule has 1 rings (SSSR count). The van der Waals surface area contributed by atoms with Gasteiger partial charge in [0, 0.05) is 17.9 Å². The summed E-state index contributed by atoms with van der Waals surface area (Å²) in [5, 5.41) is 2.97. The first-order chi connectivity index (χ1) is 7.17. The molecule has 1 N–H and O–H groups in total. The first kappa shape index (κ1) is 11.7. The minimum absolute atomic E-state index is 0.0313. The quantitative estimate of drug-likeness (QED) is 0.821. The number of pyridine rings is 1. The van der Waals surface area contributed by atoms with Gasteiger partial charge in [-0.1, -0.05) is 13.8 Å². The molecule has 0 aliphatic rings. The zero-order chi connectivity index (χ0) is 11.3. The van der Waals surface area contributed by atoms with Crippen molar-refractivity contribution in [1.82, 2.24) is 10.3 Å². The number of rotatable bonds is 4. The Balaban J connectivity index is 2.64. The maximum Gasteiger partial charge on any atom is 0.253 e. The summed E-state index contributed by atoms with van der Waals surface area (Å²) in [6.07, 6.45) is 3.54. The van der Waals surface area contributed by atoms with Crippen molar-refractivity contribution in [1.29, 1.82) is 0 Å². The lowest BCUT2D eigenvalue weighted by Gasteiger charge is -2.14. The molecule has 1 amide bonds. The zero-order valence-electron chi connectivity index (χ0n) is 9.58. The van der Waals surface area contributed by atoms with Crippen LogP contribution >= 0.6 is 0 Å². The van der Waals surface area contributed by atoms with E-state index in [1.54, 1.807) is 12.3 Å². The molecule has 0 saturated carbocycles. The maximum atomic E-state index is 11.7. The molecule has 0 aliphatic carbocycles. The second kappa shape index (κ2) is 5.49. The van der Waals surface area contributed by atoms with Crippen LogP contribution < -0.4 is 5.32 Å². The topological polar surface area (TPSA) is 42.0 Å². The molecule has 0 fully saturated rings. The van der Waals surface area contributed by atoms with Crippen molar-refractivity contribution >= 4 is 5.91 Å². The fourth-order valence-electron chi connectivity index (χ4n) is 1.36. The van der Waals surface area contributed by atoms with Crippen LogP contribution in [0.1, 0.15) is 42.7 Å². The van der Waals surface area contributed by atoms with Gasteiger partial charge in [-0.2, -0.15) is 0 Å². The minimum Gasteiger partial charge on any atom is -0.349 e. The summed E-state index contributed by atoms with van der Waals surface area (Å²) in [5.41, 5.74) is 1.56. The molecule has 15 heavy (non-hydrogen) atoms. The molecule has 0 aromatic carbocycles. The first-order valence-electron chi connectivity index (χ1n) is 5.40. The van der Waals surface area contributed by atoms with E-state index in [1.165, 1.54) is 0 Å². The predicted octanol–water partition coefficient (Wildman–Crippen LogP) is 2.31. The Kier molecular flexibility index (Phi) is 4.28. The monoisotopic (exact) mass is 206 g/mol. The Morgan fingerprint density at radius 1 is 1.40 bits per heavy atom. The van der Waals surface area contributed by atoms with Crippen molar-refractivity contribution in [3.05, 3.63) is 29.6 Å². The third-order valence-corrected chi connectivity index (χ3v) is 2.49. The standard InChI is InChI=1S/C12H18N2O/c1-4-11(5-2)14-12(15)10-7-6-9(3)13-8-10/h6-8,11H,4-5H2,1-3H3,(H,14,15). The van der Waals surface area contributed by atoms with Crippen LogP contribution in [0.4, 0.5) is 0 Å². The van der Waals surface area contributed by atoms with Crippen LogP contribution in [0.25, 0.3) is 0 Å². The normalized spacial score (nSPS) is 10.4. The molecular formula is C12H18N2O. The minimum atomic E-state index is -0.0313. The molecule has 0 aliphatic heterocycles. The average Bonchev–Trinajstić information content (AvgIpc) is 2.26. The molecule has 3 heteroatoms. The molecular weight excluding hydrogens is 188 g/mol. The summed E-state index contributed by atoms with van der Waals surface area (Å²) in [6, 6.07) is 3.92. The molecule has 0 bridgehead atoms. The Morgan fingerprint density at radius 2 is 2.07 bits per heavy atom. The van der Waals surface area contributed by atoms with Gasteiger partial charge in [0.05, 0.1) is 5.56 Å². The van der Waals surface area contributed by atoms with E-state index in [-0.39, 0.29) is 11.9 Å². The van der Waals surface area contributed by atoms with Gasteiger partial charge in [-0.05, 0) is 31.9 Å². The van der Waals surface area contributed by atoms with Gasteiger partial charge in [-0.15, -0.1) is 0 Å². The number of hydrogen-bond donors (Lipinski definition) is 1. The van der Waals surface area contributed by atoms with Gasteiger partial charge in [0.2, 0.25) is 0 Å². The molecule has 0 atom stereocenters. The second-order valence-corrected chi connectivity index (χ2v) is 3.68. The number of carbonyl (C=O) groups excluding carboxylic acids is 1. The van der Waals surface area contributed by atoms with E-state index in [9.17, 15) is 4.79 Å². The highest BCUT2D eigenvalue weighted by atomic mass is 16.1. The van der Waals surface area contributed by atoms with E-state index in [0.717, 1.165) is 18.5 Å². The lowest BCUT2D eigenvalue weighted by atomic mass is 10.1. The van der Waals surface area contributed by atoms with Gasteiger partial charge in [0.15, 0.2) is 0 Å². The lowest BCUT2D eigenvalue weighted by molar-refractivity contribution is 0.0934. The number of nitrogens with one attached hydrogen (secondary N) is 1. The number of hydrogen-bond acceptors (Lipinski definition) is 2. The molecule has 0 unspecified atom stereocenters. The van der Waals surface area contributed by atoms with Crippen LogP contribution in [0.5, 0.6) is 0 Å². The number of amides is 1. The lowest BCUT2D eigenvalue weighted by Crippen LogP contribution is -2.33. The highest BCUT2D eigenvalue weighted by Crippen LogP contribution is 2.02. The maximum absolute atomic E-state index is 11.7. The van der Waals surface area contributed by atoms with Crippen molar-refractivity contribution in [2.75, 3.05) is 0 Å². The third-order valence-electron chi connectivity index (χ3n) is 2.49. The van der Waals surface area contributed by atoms with E-state index >= 15 is 0 Å². The molecule has 1 heterocycles. The van der Waals surface area contributed by atoms with Crippen molar-refractivity contribution in [2.45, 2.75) is 39.7 Å². The molecule has 3 nitrogen and oxygen atoms in total. The predicted molar refractivity (Wildman–Crippen MR) is 60.8 cm³/mol. The average molecular weight is 206 g/mol. The fraction of sp³-hybridized carbons (Fsp3) is 0.500. The molecule has 1 aromatic rings. The summed E-state index contributed by atoms with van der Waals surface area (Å²) < 4.78 is 0. The van der Waals surface area contributed by atoms with Crippen molar-refractivity contribution in [3.8, 4) is 0 Å². The van der Waals surface area contributed by atoms with Gasteiger partial charge >= 0.3 is 0 Å². The highest BCUT2D eigenvalue weighted by molar-refractivity contribution is 5.94. The Bertz CT molecular complexity index is 315. The van der Waals surface area contributed by atoms with Crippen LogP contribution in [0, 0.1) is 6.92 Å². The number of carbonyl (C=O) groups is 1. The van der Waals surface area contributed by atoms with E-state index < -0.39 is 0 Å². The van der Waals surface area contributed by atoms with Crippen LogP contribution in [0.2, 0.25) is 0 Å². The third kappa shape index (κ3) is 3.35. The van der Waals surface area contributed by atoms with Crippen LogP contribution in [0.15, 0.2) is 18.3 Å². The smallest absolute Gasteiger partial charge is 0.253 e. The van der Waals surface area contributed by atoms with Gasteiger partial charge in [-0.25, -0.2) is 0 Å². The molecule has 1 aromatic heterocycles. The van der Waals surface area contributed by atoms with Gasteiger partial charge in [-0.3, -0.25) is 9.78 Å². The van der Waals surface area contributed by atoms with E-state index in [2.05, 4.69) is 24.1 Å². The van der Waals surface area contributed by atoms with E-state index in [0.29, 0.717) is 5.56 Å². The SMILES string of the molecule is CCC(CC)NC(=O)c1ccc(C)nc1. The molecule has 0 saturated heterocycles. The van der Waals surface area contributed by atoms with E-state index in [1.807, 2.05) is 13.0 Å². The molecule has 0 spiro atoms. The first-order valence-corrected chi connectivity index (χ1v) is 5.40. The largest absolute Gasteiger partial charge is 0.349 e. The van der Waals surface area contributed by atoms with Crippen LogP contribution in [-0.4, -0.2) is 16.9 Å². The highest BCUT2D eigenvalue weighted by Gasteiger charge is 2.10. The van der Waals surface area contributed by atoms with Crippen LogP contribution in [-0.2, 0) is 0 Å². The summed E-state index contributed by atoms with van der Waals surface area (Å²) in [5.74, 6) is -0.0313. The number of nitrogens with zero attached hydrogens (tertiary/aromatic N) is 1. The molecule has 0 radical (unpaired) electrons. The summed E-state index contributed by atoms with van der Waals surface area (Å²) >= 11 is 0. The van der Waals surface area contributed by atoms with Gasteiger partial charge in [0.25, 0.3) is 5.91 Å². The van der Waals surface area contributed by atoms with Crippen molar-refractivity contribution < 1.29 is 4.79 Å². The number of aryl methyl sites for hydroxylation is 1. The van der Waals surface area contributed by atoms with E-state index in [4.69, 9.17) is 0 Å². The van der Waals surface area contributed by atoms with Crippen molar-refractivity contribution in [3.63, 3.8) is 0 Å². The van der Waals surface area contributed by atoms with Gasteiger partial charge < -0.3 is 5.32 Å². The molecule has 82 valence electrons.